The quantitative estimate of drug-likeness (QED) is 0.612. The molecule has 2 aliphatic heterocycles. The van der Waals surface area contributed by atoms with Crippen molar-refractivity contribution < 1.29 is 23.5 Å². The van der Waals surface area contributed by atoms with Gasteiger partial charge in [-0.05, 0) is 86.4 Å². The summed E-state index contributed by atoms with van der Waals surface area (Å²) < 4.78 is 20.6. The van der Waals surface area contributed by atoms with Gasteiger partial charge in [0.1, 0.15) is 23.5 Å². The summed E-state index contributed by atoms with van der Waals surface area (Å²) >= 11 is 0. The third kappa shape index (κ3) is 5.08. The summed E-state index contributed by atoms with van der Waals surface area (Å²) in [5.74, 6) is -0.946. The molecule has 2 aromatic rings. The van der Waals surface area contributed by atoms with Crippen LogP contribution in [0.3, 0.4) is 0 Å². The van der Waals surface area contributed by atoms with Gasteiger partial charge < -0.3 is 15.4 Å². The first kappa shape index (κ1) is 25.7. The predicted molar refractivity (Wildman–Crippen MR) is 138 cm³/mol. The van der Waals surface area contributed by atoms with Crippen LogP contribution in [-0.2, 0) is 27.2 Å². The third-order valence-corrected chi connectivity index (χ3v) is 7.47. The number of nitriles is 1. The topological polar surface area (TPSA) is 112 Å². The van der Waals surface area contributed by atoms with Crippen molar-refractivity contribution in [3.8, 4) is 17.2 Å². The van der Waals surface area contributed by atoms with Crippen molar-refractivity contribution in [2.24, 2.45) is 5.92 Å². The molecule has 2 heterocycles. The second-order valence-electron chi connectivity index (χ2n) is 11.4. The second kappa shape index (κ2) is 9.75. The third-order valence-electron chi connectivity index (χ3n) is 7.47. The summed E-state index contributed by atoms with van der Waals surface area (Å²) in [5.41, 5.74) is 2.69. The van der Waals surface area contributed by atoms with Crippen molar-refractivity contribution in [3.63, 3.8) is 0 Å². The van der Waals surface area contributed by atoms with Crippen LogP contribution in [0.5, 0.6) is 0 Å². The number of likely N-dealkylation sites (tertiary alicyclic amines) is 1. The second-order valence-corrected chi connectivity index (χ2v) is 11.4. The number of nitrogens with one attached hydrogen (secondary N) is 2. The monoisotopic (exact) mass is 518 g/mol. The zero-order valence-electron chi connectivity index (χ0n) is 21.7. The molecule has 1 saturated carbocycles. The number of hydrogen-bond acceptors (Lipinski definition) is 5. The van der Waals surface area contributed by atoms with Crippen LogP contribution < -0.4 is 10.6 Å². The highest BCUT2D eigenvalue weighted by Gasteiger charge is 2.52. The number of ether oxygens (including phenoxy) is 1. The van der Waals surface area contributed by atoms with Crippen molar-refractivity contribution in [2.75, 3.05) is 5.32 Å². The Kier molecular flexibility index (Phi) is 6.59. The molecule has 2 fully saturated rings. The highest BCUT2D eigenvalue weighted by Crippen LogP contribution is 2.43. The summed E-state index contributed by atoms with van der Waals surface area (Å²) in [4.78, 5) is 39.3. The van der Waals surface area contributed by atoms with Gasteiger partial charge in [-0.1, -0.05) is 18.2 Å². The molecule has 4 atom stereocenters. The number of amides is 3. The number of hydrogen-bond donors (Lipinski definition) is 2. The normalized spacial score (nSPS) is 22.4. The van der Waals surface area contributed by atoms with Crippen LogP contribution in [0.15, 0.2) is 36.4 Å². The van der Waals surface area contributed by atoms with Crippen molar-refractivity contribution >= 4 is 23.6 Å². The number of anilines is 1. The van der Waals surface area contributed by atoms with E-state index < -0.39 is 35.5 Å². The predicted octanol–water partition coefficient (Wildman–Crippen LogP) is 4.33. The lowest BCUT2D eigenvalue weighted by Gasteiger charge is -2.35. The molecule has 198 valence electrons. The Labute approximate surface area is 221 Å². The zero-order chi connectivity index (χ0) is 27.2. The SMILES string of the molecule is CC(C)(C)OC(=O)N1C2CCC(C2)C1C(=O)NC(C#N)Cc1ccc(-c2ccc3c(c2)CC(=O)N3)cc1F. The van der Waals surface area contributed by atoms with Gasteiger partial charge >= 0.3 is 6.09 Å². The van der Waals surface area contributed by atoms with E-state index in [1.165, 1.54) is 11.0 Å². The maximum atomic E-state index is 15.1. The molecule has 38 heavy (non-hydrogen) atoms. The fourth-order valence-corrected chi connectivity index (χ4v) is 5.81. The van der Waals surface area contributed by atoms with E-state index in [2.05, 4.69) is 16.7 Å². The molecule has 1 aliphatic carbocycles. The highest BCUT2D eigenvalue weighted by molar-refractivity contribution is 5.99. The van der Waals surface area contributed by atoms with Gasteiger partial charge in [-0.2, -0.15) is 5.26 Å². The van der Waals surface area contributed by atoms with E-state index in [-0.39, 0.29) is 24.3 Å². The molecule has 5 rings (SSSR count). The number of carbonyl (C=O) groups is 3. The van der Waals surface area contributed by atoms with Crippen LogP contribution in [-0.4, -0.2) is 46.5 Å². The van der Waals surface area contributed by atoms with E-state index in [0.717, 1.165) is 36.1 Å². The molecule has 2 N–H and O–H groups in total. The summed E-state index contributed by atoms with van der Waals surface area (Å²) in [7, 11) is 0. The number of fused-ring (bicyclic) bond motifs is 3. The van der Waals surface area contributed by atoms with Crippen molar-refractivity contribution in [3.05, 3.63) is 53.3 Å². The van der Waals surface area contributed by atoms with Crippen LogP contribution in [0.1, 0.15) is 51.2 Å². The molecule has 0 spiro atoms. The summed E-state index contributed by atoms with van der Waals surface area (Å²) in [6.07, 6.45) is 2.15. The van der Waals surface area contributed by atoms with Crippen molar-refractivity contribution in [1.29, 1.82) is 5.26 Å². The van der Waals surface area contributed by atoms with Crippen LogP contribution in [0, 0.1) is 23.1 Å². The Morgan fingerprint density at radius 2 is 1.95 bits per heavy atom. The molecule has 8 nitrogen and oxygen atoms in total. The number of carbonyl (C=O) groups excluding carboxylic acids is 3. The highest BCUT2D eigenvalue weighted by atomic mass is 19.1. The number of benzene rings is 2. The molecule has 3 aliphatic rings. The minimum atomic E-state index is -0.959. The molecule has 2 aromatic carbocycles. The molecule has 1 saturated heterocycles. The fraction of sp³-hybridized carbons (Fsp3) is 0.448. The van der Waals surface area contributed by atoms with Crippen LogP contribution >= 0.6 is 0 Å². The fourth-order valence-electron chi connectivity index (χ4n) is 5.81. The molecular weight excluding hydrogens is 487 g/mol. The van der Waals surface area contributed by atoms with E-state index in [1.54, 1.807) is 39.0 Å². The Hall–Kier alpha value is -3.93. The Morgan fingerprint density at radius 3 is 2.66 bits per heavy atom. The van der Waals surface area contributed by atoms with Crippen LogP contribution in [0.2, 0.25) is 0 Å². The summed E-state index contributed by atoms with van der Waals surface area (Å²) in [5, 5.41) is 15.3. The van der Waals surface area contributed by atoms with E-state index in [9.17, 15) is 19.6 Å². The molecule has 2 bridgehead atoms. The van der Waals surface area contributed by atoms with Crippen molar-refractivity contribution in [1.82, 2.24) is 10.2 Å². The van der Waals surface area contributed by atoms with Gasteiger partial charge in [0, 0.05) is 18.2 Å². The molecule has 0 aromatic heterocycles. The van der Waals surface area contributed by atoms with E-state index in [0.29, 0.717) is 17.5 Å². The zero-order valence-corrected chi connectivity index (χ0v) is 21.7. The Bertz CT molecular complexity index is 1350. The lowest BCUT2D eigenvalue weighted by atomic mass is 9.96. The number of piperidine rings is 1. The maximum absolute atomic E-state index is 15.1. The first-order chi connectivity index (χ1) is 18.0. The van der Waals surface area contributed by atoms with Gasteiger partial charge in [-0.15, -0.1) is 0 Å². The van der Waals surface area contributed by atoms with E-state index in [4.69, 9.17) is 4.74 Å². The number of nitrogens with zero attached hydrogens (tertiary/aromatic N) is 2. The minimum absolute atomic E-state index is 0.00971. The van der Waals surface area contributed by atoms with E-state index in [1.807, 2.05) is 12.1 Å². The smallest absolute Gasteiger partial charge is 0.411 e. The molecule has 4 unspecified atom stereocenters. The Morgan fingerprint density at radius 1 is 1.21 bits per heavy atom. The molecule has 9 heteroatoms. The van der Waals surface area contributed by atoms with Crippen LogP contribution in [0.4, 0.5) is 14.9 Å². The first-order valence-electron chi connectivity index (χ1n) is 13.0. The minimum Gasteiger partial charge on any atom is -0.444 e. The van der Waals surface area contributed by atoms with Crippen molar-refractivity contribution in [2.45, 2.75) is 76.6 Å². The summed E-state index contributed by atoms with van der Waals surface area (Å²) in [6, 6.07) is 10.6. The number of halogens is 1. The maximum Gasteiger partial charge on any atom is 0.411 e. The van der Waals surface area contributed by atoms with Gasteiger partial charge in [-0.3, -0.25) is 14.5 Å². The Balaban J connectivity index is 1.27. The standard InChI is InChI=1S/C29H31FN4O4/c1-29(2,3)38-28(37)34-22-8-6-19(12-22)26(34)27(36)32-21(15-31)11-18-5-4-17(13-23(18)30)16-7-9-24-20(10-16)14-25(35)33-24/h4-5,7,9-10,13,19,21-22,26H,6,8,11-12,14H2,1-3H3,(H,32,36)(H,33,35). The van der Waals surface area contributed by atoms with Gasteiger partial charge in [0.25, 0.3) is 0 Å². The van der Waals surface area contributed by atoms with Gasteiger partial charge in [0.05, 0.1) is 12.5 Å². The van der Waals surface area contributed by atoms with Gasteiger partial charge in [-0.25, -0.2) is 9.18 Å². The molecule has 0 radical (unpaired) electrons. The van der Waals surface area contributed by atoms with Gasteiger partial charge in [0.15, 0.2) is 0 Å². The average molecular weight is 519 g/mol. The molecular formula is C29H31FN4O4. The average Bonchev–Trinajstić information content (AvgIpc) is 3.56. The lowest BCUT2D eigenvalue weighted by molar-refractivity contribution is -0.128. The van der Waals surface area contributed by atoms with Crippen LogP contribution in [0.25, 0.3) is 11.1 Å². The lowest BCUT2D eigenvalue weighted by Crippen LogP contribution is -2.55. The summed E-state index contributed by atoms with van der Waals surface area (Å²) in [6.45, 7) is 5.34. The molecule has 3 amide bonds. The number of rotatable bonds is 5. The van der Waals surface area contributed by atoms with Gasteiger partial charge in [0.2, 0.25) is 11.8 Å². The first-order valence-corrected chi connectivity index (χ1v) is 13.0. The van der Waals surface area contributed by atoms with E-state index >= 15 is 4.39 Å². The largest absolute Gasteiger partial charge is 0.444 e.